The van der Waals surface area contributed by atoms with Gasteiger partial charge in [-0.3, -0.25) is 4.99 Å². The number of fused-ring (bicyclic) bond motifs is 1. The molecule has 0 atom stereocenters. The number of halogens is 2. The molecule has 0 unspecified atom stereocenters. The first kappa shape index (κ1) is 9.76. The van der Waals surface area contributed by atoms with Crippen LogP contribution in [0.4, 0.5) is 14.5 Å². The smallest absolute Gasteiger partial charge is 0.338 e. The van der Waals surface area contributed by atoms with E-state index in [0.29, 0.717) is 12.0 Å². The van der Waals surface area contributed by atoms with Crippen LogP contribution in [0.3, 0.4) is 0 Å². The number of carbonyl (C=O) groups is 1. The molecule has 3 nitrogen and oxygen atoms in total. The van der Waals surface area contributed by atoms with Gasteiger partial charge in [-0.15, -0.1) is 0 Å². The zero-order valence-corrected chi connectivity index (χ0v) is 7.88. The number of aliphatic imine (C=N–C) groups is 1. The van der Waals surface area contributed by atoms with E-state index in [1.807, 2.05) is 0 Å². The van der Waals surface area contributed by atoms with Gasteiger partial charge in [-0.1, -0.05) is 0 Å². The Kier molecular flexibility index (Phi) is 2.22. The maximum absolute atomic E-state index is 13.2. The second-order valence-corrected chi connectivity index (χ2v) is 3.05. The first-order valence-corrected chi connectivity index (χ1v) is 4.27. The lowest BCUT2D eigenvalue weighted by molar-refractivity contribution is 0.0599. The van der Waals surface area contributed by atoms with Crippen LogP contribution in [0.5, 0.6) is 0 Å². The average Bonchev–Trinajstić information content (AvgIpc) is 2.71. The SMILES string of the molecule is COC(=O)c1cc(F)c(F)c2c1CC=N2. The van der Waals surface area contributed by atoms with Crippen molar-refractivity contribution in [3.8, 4) is 0 Å². The highest BCUT2D eigenvalue weighted by Crippen LogP contribution is 2.32. The third kappa shape index (κ3) is 1.40. The van der Waals surface area contributed by atoms with Crippen LogP contribution in [0.1, 0.15) is 15.9 Å². The Morgan fingerprint density at radius 2 is 2.27 bits per heavy atom. The normalized spacial score (nSPS) is 12.7. The van der Waals surface area contributed by atoms with Gasteiger partial charge in [0.15, 0.2) is 11.6 Å². The molecule has 0 saturated heterocycles. The van der Waals surface area contributed by atoms with Crippen molar-refractivity contribution >= 4 is 17.9 Å². The van der Waals surface area contributed by atoms with Gasteiger partial charge in [-0.2, -0.15) is 0 Å². The van der Waals surface area contributed by atoms with E-state index in [0.717, 1.165) is 6.07 Å². The van der Waals surface area contributed by atoms with Gasteiger partial charge >= 0.3 is 5.97 Å². The van der Waals surface area contributed by atoms with E-state index in [4.69, 9.17) is 0 Å². The number of hydrogen-bond donors (Lipinski definition) is 0. The Labute approximate surface area is 84.4 Å². The van der Waals surface area contributed by atoms with Crippen molar-refractivity contribution < 1.29 is 18.3 Å². The summed E-state index contributed by atoms with van der Waals surface area (Å²) >= 11 is 0. The summed E-state index contributed by atoms with van der Waals surface area (Å²) in [5, 5.41) is 0. The van der Waals surface area contributed by atoms with Gasteiger partial charge in [0.1, 0.15) is 5.69 Å². The van der Waals surface area contributed by atoms with Crippen LogP contribution in [0, 0.1) is 11.6 Å². The fraction of sp³-hybridized carbons (Fsp3) is 0.200. The predicted molar refractivity (Wildman–Crippen MR) is 49.6 cm³/mol. The molecule has 1 aromatic rings. The van der Waals surface area contributed by atoms with Crippen LogP contribution < -0.4 is 0 Å². The second kappa shape index (κ2) is 3.42. The van der Waals surface area contributed by atoms with E-state index in [1.54, 1.807) is 0 Å². The Hall–Kier alpha value is -1.78. The highest BCUT2D eigenvalue weighted by atomic mass is 19.2. The van der Waals surface area contributed by atoms with E-state index in [9.17, 15) is 13.6 Å². The summed E-state index contributed by atoms with van der Waals surface area (Å²) in [5.41, 5.74) is 0.306. The number of esters is 1. The molecule has 0 N–H and O–H groups in total. The minimum atomic E-state index is -1.09. The zero-order valence-electron chi connectivity index (χ0n) is 7.88. The minimum absolute atomic E-state index is 0.0314. The molecule has 0 fully saturated rings. The zero-order chi connectivity index (χ0) is 11.0. The molecule has 0 radical (unpaired) electrons. The first-order chi connectivity index (χ1) is 7.15. The lowest BCUT2D eigenvalue weighted by atomic mass is 10.0. The molecular weight excluding hydrogens is 204 g/mol. The largest absolute Gasteiger partial charge is 0.465 e. The van der Waals surface area contributed by atoms with Crippen LogP contribution in [0.25, 0.3) is 0 Å². The summed E-state index contributed by atoms with van der Waals surface area (Å²) < 4.78 is 30.8. The number of hydrogen-bond acceptors (Lipinski definition) is 3. The summed E-state index contributed by atoms with van der Waals surface area (Å²) in [6.45, 7) is 0. The molecule has 5 heteroatoms. The highest BCUT2D eigenvalue weighted by molar-refractivity contribution is 5.95. The van der Waals surface area contributed by atoms with E-state index in [2.05, 4.69) is 9.73 Å². The molecule has 0 aromatic heterocycles. The molecular formula is C10H7F2NO2. The molecule has 1 aromatic carbocycles. The van der Waals surface area contributed by atoms with Gasteiger partial charge in [0.2, 0.25) is 0 Å². The van der Waals surface area contributed by atoms with Crippen LogP contribution >= 0.6 is 0 Å². The Morgan fingerprint density at radius 1 is 1.53 bits per heavy atom. The van der Waals surface area contributed by atoms with Crippen LogP contribution in [-0.2, 0) is 11.2 Å². The molecule has 1 aliphatic heterocycles. The molecule has 0 spiro atoms. The van der Waals surface area contributed by atoms with E-state index in [1.165, 1.54) is 13.3 Å². The molecule has 0 saturated carbocycles. The summed E-state index contributed by atoms with van der Waals surface area (Å²) in [5.74, 6) is -2.80. The molecule has 2 rings (SSSR count). The van der Waals surface area contributed by atoms with Crippen LogP contribution in [-0.4, -0.2) is 19.3 Å². The molecule has 1 aliphatic rings. The van der Waals surface area contributed by atoms with E-state index < -0.39 is 17.6 Å². The monoisotopic (exact) mass is 211 g/mol. The maximum Gasteiger partial charge on any atom is 0.338 e. The van der Waals surface area contributed by atoms with Crippen LogP contribution in [0.15, 0.2) is 11.1 Å². The summed E-state index contributed by atoms with van der Waals surface area (Å²) in [6, 6.07) is 0.842. The number of carbonyl (C=O) groups excluding carboxylic acids is 1. The van der Waals surface area contributed by atoms with Crippen LogP contribution in [0.2, 0.25) is 0 Å². The van der Waals surface area contributed by atoms with Crippen molar-refractivity contribution in [1.29, 1.82) is 0 Å². The molecule has 1 heterocycles. The molecule has 0 aliphatic carbocycles. The van der Waals surface area contributed by atoms with Gasteiger partial charge in [-0.05, 0) is 6.07 Å². The van der Waals surface area contributed by atoms with Crippen molar-refractivity contribution in [2.75, 3.05) is 7.11 Å². The Bertz CT molecular complexity index is 469. The highest BCUT2D eigenvalue weighted by Gasteiger charge is 2.24. The maximum atomic E-state index is 13.2. The molecule has 0 amide bonds. The van der Waals surface area contributed by atoms with Crippen molar-refractivity contribution in [1.82, 2.24) is 0 Å². The number of benzene rings is 1. The lowest BCUT2D eigenvalue weighted by Crippen LogP contribution is -2.07. The fourth-order valence-corrected chi connectivity index (χ4v) is 1.51. The summed E-state index contributed by atoms with van der Waals surface area (Å²) in [4.78, 5) is 15.0. The van der Waals surface area contributed by atoms with E-state index >= 15 is 0 Å². The van der Waals surface area contributed by atoms with Gasteiger partial charge in [0.25, 0.3) is 0 Å². The first-order valence-electron chi connectivity index (χ1n) is 4.27. The Balaban J connectivity index is 2.65. The van der Waals surface area contributed by atoms with Gasteiger partial charge < -0.3 is 4.74 Å². The number of nitrogens with zero attached hydrogens (tertiary/aromatic N) is 1. The predicted octanol–water partition coefficient (Wildman–Crippen LogP) is 2.01. The third-order valence-electron chi connectivity index (χ3n) is 2.22. The Morgan fingerprint density at radius 3 is 2.93 bits per heavy atom. The summed E-state index contributed by atoms with van der Waals surface area (Å²) in [7, 11) is 1.19. The van der Waals surface area contributed by atoms with Crippen molar-refractivity contribution in [2.24, 2.45) is 4.99 Å². The van der Waals surface area contributed by atoms with E-state index in [-0.39, 0.29) is 11.3 Å². The molecule has 0 bridgehead atoms. The lowest BCUT2D eigenvalue weighted by Gasteiger charge is -2.06. The molecule has 15 heavy (non-hydrogen) atoms. The van der Waals surface area contributed by atoms with Gasteiger partial charge in [0, 0.05) is 18.2 Å². The number of ether oxygens (including phenoxy) is 1. The van der Waals surface area contributed by atoms with Crippen molar-refractivity contribution in [2.45, 2.75) is 6.42 Å². The average molecular weight is 211 g/mol. The topological polar surface area (TPSA) is 38.7 Å². The summed E-state index contributed by atoms with van der Waals surface area (Å²) in [6.07, 6.45) is 1.75. The third-order valence-corrected chi connectivity index (χ3v) is 2.22. The number of rotatable bonds is 1. The van der Waals surface area contributed by atoms with Crippen molar-refractivity contribution in [3.05, 3.63) is 28.8 Å². The van der Waals surface area contributed by atoms with Crippen molar-refractivity contribution in [3.63, 3.8) is 0 Å². The fourth-order valence-electron chi connectivity index (χ4n) is 1.51. The number of methoxy groups -OCH3 is 1. The quantitative estimate of drug-likeness (QED) is 0.666. The second-order valence-electron chi connectivity index (χ2n) is 3.05. The molecule has 78 valence electrons. The van der Waals surface area contributed by atoms with Gasteiger partial charge in [-0.25, -0.2) is 13.6 Å². The standard InChI is InChI=1S/C10H7F2NO2/c1-15-10(14)6-4-7(11)8(12)9-5(6)2-3-13-9/h3-4H,2H2,1H3. The minimum Gasteiger partial charge on any atom is -0.465 e. The van der Waals surface area contributed by atoms with Gasteiger partial charge in [0.05, 0.1) is 12.7 Å².